The molecular formula is C21H28N4O. The Morgan fingerprint density at radius 1 is 1.15 bits per heavy atom. The van der Waals surface area contributed by atoms with E-state index in [4.69, 9.17) is 0 Å². The molecule has 0 saturated carbocycles. The van der Waals surface area contributed by atoms with Gasteiger partial charge in [0.15, 0.2) is 0 Å². The van der Waals surface area contributed by atoms with E-state index in [-0.39, 0.29) is 11.4 Å². The van der Waals surface area contributed by atoms with Crippen molar-refractivity contribution in [3.63, 3.8) is 0 Å². The van der Waals surface area contributed by atoms with Gasteiger partial charge in [0.25, 0.3) is 5.91 Å². The molecule has 1 aliphatic rings. The highest BCUT2D eigenvalue weighted by atomic mass is 16.2. The maximum absolute atomic E-state index is 12.8. The zero-order valence-electron chi connectivity index (χ0n) is 15.9. The number of benzene rings is 1. The van der Waals surface area contributed by atoms with Crippen LogP contribution in [0.15, 0.2) is 42.6 Å². The van der Waals surface area contributed by atoms with E-state index in [1.807, 2.05) is 25.7 Å². The van der Waals surface area contributed by atoms with E-state index in [0.717, 1.165) is 32.4 Å². The quantitative estimate of drug-likeness (QED) is 0.910. The maximum Gasteiger partial charge on any atom is 0.272 e. The van der Waals surface area contributed by atoms with Crippen LogP contribution in [0, 0.1) is 5.92 Å². The van der Waals surface area contributed by atoms with Gasteiger partial charge >= 0.3 is 0 Å². The second-order valence-corrected chi connectivity index (χ2v) is 8.07. The summed E-state index contributed by atoms with van der Waals surface area (Å²) >= 11 is 0. The van der Waals surface area contributed by atoms with Crippen LogP contribution in [0.4, 0.5) is 5.95 Å². The molecule has 0 unspecified atom stereocenters. The van der Waals surface area contributed by atoms with Gasteiger partial charge < -0.3 is 10.2 Å². The molecule has 1 aromatic carbocycles. The molecule has 0 atom stereocenters. The van der Waals surface area contributed by atoms with Crippen LogP contribution < -0.4 is 5.32 Å². The lowest BCUT2D eigenvalue weighted by molar-refractivity contribution is 0.0684. The maximum atomic E-state index is 12.8. The fourth-order valence-electron chi connectivity index (χ4n) is 3.32. The third-order valence-corrected chi connectivity index (χ3v) is 4.63. The van der Waals surface area contributed by atoms with Gasteiger partial charge in [-0.3, -0.25) is 4.79 Å². The van der Waals surface area contributed by atoms with E-state index in [2.05, 4.69) is 45.6 Å². The van der Waals surface area contributed by atoms with Crippen molar-refractivity contribution >= 4 is 11.9 Å². The van der Waals surface area contributed by atoms with Gasteiger partial charge in [-0.25, -0.2) is 9.97 Å². The van der Waals surface area contributed by atoms with Crippen LogP contribution in [0.5, 0.6) is 0 Å². The first-order valence-corrected chi connectivity index (χ1v) is 9.35. The van der Waals surface area contributed by atoms with Gasteiger partial charge in [0, 0.05) is 24.8 Å². The number of hydrogen-bond acceptors (Lipinski definition) is 4. The molecule has 0 aliphatic carbocycles. The first-order valence-electron chi connectivity index (χ1n) is 9.35. The molecule has 2 aromatic rings. The van der Waals surface area contributed by atoms with Gasteiger partial charge in [-0.1, -0.05) is 30.3 Å². The lowest BCUT2D eigenvalue weighted by atomic mass is 9.90. The molecule has 0 bridgehead atoms. The zero-order valence-corrected chi connectivity index (χ0v) is 15.9. The van der Waals surface area contributed by atoms with Gasteiger partial charge in [0.05, 0.1) is 0 Å². The number of aromatic nitrogens is 2. The fraction of sp³-hybridized carbons (Fsp3) is 0.476. The van der Waals surface area contributed by atoms with Gasteiger partial charge in [-0.15, -0.1) is 0 Å². The van der Waals surface area contributed by atoms with Crippen molar-refractivity contribution in [3.05, 3.63) is 53.9 Å². The van der Waals surface area contributed by atoms with E-state index >= 15 is 0 Å². The molecule has 5 heteroatoms. The van der Waals surface area contributed by atoms with Crippen LogP contribution in [0.2, 0.25) is 0 Å². The van der Waals surface area contributed by atoms with Gasteiger partial charge in [0.1, 0.15) is 5.69 Å². The number of carbonyl (C=O) groups excluding carboxylic acids is 1. The second kappa shape index (κ2) is 7.85. The molecule has 5 nitrogen and oxygen atoms in total. The normalized spacial score (nSPS) is 15.7. The minimum Gasteiger partial charge on any atom is -0.350 e. The number of carbonyl (C=O) groups is 1. The number of nitrogens with one attached hydrogen (secondary N) is 1. The predicted octanol–water partition coefficient (Wildman–Crippen LogP) is 3.78. The number of hydrogen-bond donors (Lipinski definition) is 1. The first kappa shape index (κ1) is 18.4. The molecule has 1 aromatic heterocycles. The topological polar surface area (TPSA) is 58.1 Å². The molecule has 1 amide bonds. The molecule has 26 heavy (non-hydrogen) atoms. The first-order chi connectivity index (χ1) is 12.4. The molecule has 1 N–H and O–H groups in total. The lowest BCUT2D eigenvalue weighted by Crippen LogP contribution is -2.39. The van der Waals surface area contributed by atoms with Crippen LogP contribution in [0.3, 0.4) is 0 Å². The lowest BCUT2D eigenvalue weighted by Gasteiger charge is -2.32. The predicted molar refractivity (Wildman–Crippen MR) is 104 cm³/mol. The summed E-state index contributed by atoms with van der Waals surface area (Å²) in [7, 11) is 0. The van der Waals surface area contributed by atoms with E-state index in [0.29, 0.717) is 17.6 Å². The van der Waals surface area contributed by atoms with Crippen LogP contribution in [0.1, 0.15) is 49.7 Å². The number of rotatable bonds is 4. The fourth-order valence-corrected chi connectivity index (χ4v) is 3.32. The summed E-state index contributed by atoms with van der Waals surface area (Å²) in [4.78, 5) is 23.3. The van der Waals surface area contributed by atoms with Gasteiger partial charge in [0.2, 0.25) is 5.95 Å². The van der Waals surface area contributed by atoms with Crippen molar-refractivity contribution in [3.8, 4) is 0 Å². The Morgan fingerprint density at radius 3 is 2.50 bits per heavy atom. The highest BCUT2D eigenvalue weighted by Gasteiger charge is 2.25. The Bertz CT molecular complexity index is 731. The van der Waals surface area contributed by atoms with Crippen molar-refractivity contribution in [2.75, 3.05) is 18.4 Å². The van der Waals surface area contributed by atoms with Crippen LogP contribution in [-0.2, 0) is 6.42 Å². The number of nitrogens with zero attached hydrogens (tertiary/aromatic N) is 3. The highest BCUT2D eigenvalue weighted by molar-refractivity contribution is 5.92. The molecule has 0 spiro atoms. The zero-order chi connectivity index (χ0) is 18.6. The van der Waals surface area contributed by atoms with E-state index in [1.165, 1.54) is 5.56 Å². The molecule has 2 heterocycles. The molecule has 1 saturated heterocycles. The van der Waals surface area contributed by atoms with Crippen molar-refractivity contribution in [2.24, 2.45) is 5.92 Å². The van der Waals surface area contributed by atoms with Crippen molar-refractivity contribution in [1.29, 1.82) is 0 Å². The summed E-state index contributed by atoms with van der Waals surface area (Å²) in [5, 5.41) is 3.22. The third-order valence-electron chi connectivity index (χ3n) is 4.63. The monoisotopic (exact) mass is 352 g/mol. The van der Waals surface area contributed by atoms with Crippen LogP contribution in [0.25, 0.3) is 0 Å². The molecular weight excluding hydrogens is 324 g/mol. The Kier molecular flexibility index (Phi) is 5.55. The molecule has 3 rings (SSSR count). The summed E-state index contributed by atoms with van der Waals surface area (Å²) in [5.74, 6) is 1.15. The molecule has 0 radical (unpaired) electrons. The van der Waals surface area contributed by atoms with Crippen molar-refractivity contribution in [2.45, 2.75) is 45.6 Å². The number of piperidine rings is 1. The standard InChI is InChI=1S/C21H28N4O/c1-21(2,3)24-20-22-12-9-18(23-20)19(26)25-13-10-17(11-14-25)15-16-7-5-4-6-8-16/h4-9,12,17H,10-11,13-15H2,1-3H3,(H,22,23,24). The average molecular weight is 352 g/mol. The average Bonchev–Trinajstić information content (AvgIpc) is 2.61. The summed E-state index contributed by atoms with van der Waals surface area (Å²) < 4.78 is 0. The Balaban J connectivity index is 1.57. The van der Waals surface area contributed by atoms with E-state index in [9.17, 15) is 4.79 Å². The summed E-state index contributed by atoms with van der Waals surface area (Å²) in [6.45, 7) is 7.72. The Hall–Kier alpha value is -2.43. The van der Waals surface area contributed by atoms with Crippen molar-refractivity contribution in [1.82, 2.24) is 14.9 Å². The Labute approximate surface area is 155 Å². The summed E-state index contributed by atoms with van der Waals surface area (Å²) in [5.41, 5.74) is 1.71. The van der Waals surface area contributed by atoms with Crippen LogP contribution >= 0.6 is 0 Å². The van der Waals surface area contributed by atoms with E-state index < -0.39 is 0 Å². The van der Waals surface area contributed by atoms with Gasteiger partial charge in [-0.05, 0) is 57.6 Å². The van der Waals surface area contributed by atoms with Crippen LogP contribution in [-0.4, -0.2) is 39.4 Å². The minimum atomic E-state index is -0.141. The Morgan fingerprint density at radius 2 is 1.85 bits per heavy atom. The second-order valence-electron chi connectivity index (χ2n) is 8.07. The minimum absolute atomic E-state index is 0.00233. The molecule has 1 fully saturated rings. The van der Waals surface area contributed by atoms with Crippen molar-refractivity contribution < 1.29 is 4.79 Å². The van der Waals surface area contributed by atoms with Gasteiger partial charge in [-0.2, -0.15) is 0 Å². The summed E-state index contributed by atoms with van der Waals surface area (Å²) in [6.07, 6.45) is 4.82. The molecule has 1 aliphatic heterocycles. The third kappa shape index (κ3) is 5.04. The summed E-state index contributed by atoms with van der Waals surface area (Å²) in [6, 6.07) is 12.3. The van der Waals surface area contributed by atoms with E-state index in [1.54, 1.807) is 12.3 Å². The highest BCUT2D eigenvalue weighted by Crippen LogP contribution is 2.22. The SMILES string of the molecule is CC(C)(C)Nc1nccc(C(=O)N2CCC(Cc3ccccc3)CC2)n1. The molecule has 138 valence electrons. The number of likely N-dealkylation sites (tertiary alicyclic amines) is 1. The smallest absolute Gasteiger partial charge is 0.272 e. The number of amides is 1. The largest absolute Gasteiger partial charge is 0.350 e. The number of anilines is 1.